The van der Waals surface area contributed by atoms with E-state index in [0.29, 0.717) is 18.2 Å². The lowest BCUT2D eigenvalue weighted by Crippen LogP contribution is -2.23. The lowest BCUT2D eigenvalue weighted by Gasteiger charge is -2.04. The average molecular weight is 285 g/mol. The Bertz CT molecular complexity index is 775. The van der Waals surface area contributed by atoms with Gasteiger partial charge < -0.3 is 5.73 Å². The molecule has 2 aromatic rings. The fourth-order valence-corrected chi connectivity index (χ4v) is 2.29. The Morgan fingerprint density at radius 2 is 2.14 bits per heavy atom. The van der Waals surface area contributed by atoms with Crippen LogP contribution < -0.4 is 11.4 Å². The van der Waals surface area contributed by atoms with Crippen molar-refractivity contribution in [3.05, 3.63) is 58.0 Å². The second kappa shape index (κ2) is 5.58. The number of hydrogen-bond donors (Lipinski definition) is 1. The minimum Gasteiger partial charge on any atom is -0.320 e. The highest BCUT2D eigenvalue weighted by atomic mass is 19.1. The largest absolute Gasteiger partial charge is 0.328 e. The van der Waals surface area contributed by atoms with E-state index in [9.17, 15) is 9.18 Å². The van der Waals surface area contributed by atoms with Gasteiger partial charge in [-0.2, -0.15) is 0 Å². The molecule has 5 heteroatoms. The Hall–Kier alpha value is -2.32. The van der Waals surface area contributed by atoms with Crippen LogP contribution >= 0.6 is 0 Å². The molecule has 3 rings (SSSR count). The zero-order chi connectivity index (χ0) is 14.8. The fourth-order valence-electron chi connectivity index (χ4n) is 2.29. The highest BCUT2D eigenvalue weighted by Gasteiger charge is 2.25. The van der Waals surface area contributed by atoms with Crippen molar-refractivity contribution >= 4 is 0 Å². The summed E-state index contributed by atoms with van der Waals surface area (Å²) in [6.45, 7) is 0.601. The lowest BCUT2D eigenvalue weighted by atomic mass is 10.1. The Morgan fingerprint density at radius 3 is 2.86 bits per heavy atom. The van der Waals surface area contributed by atoms with Gasteiger partial charge in [-0.25, -0.2) is 9.18 Å². The third kappa shape index (κ3) is 2.91. The molecule has 0 atom stereocenters. The van der Waals surface area contributed by atoms with Crippen LogP contribution in [0.1, 0.15) is 30.0 Å². The van der Waals surface area contributed by atoms with Crippen molar-refractivity contribution in [3.63, 3.8) is 0 Å². The van der Waals surface area contributed by atoms with Crippen molar-refractivity contribution in [1.29, 1.82) is 0 Å². The van der Waals surface area contributed by atoms with Crippen molar-refractivity contribution in [1.82, 2.24) is 9.13 Å². The first-order valence-corrected chi connectivity index (χ1v) is 6.93. The molecule has 4 nitrogen and oxygen atoms in total. The Labute approximate surface area is 122 Å². The summed E-state index contributed by atoms with van der Waals surface area (Å²) in [5.41, 5.74) is 6.44. The van der Waals surface area contributed by atoms with Gasteiger partial charge in [0.2, 0.25) is 0 Å². The summed E-state index contributed by atoms with van der Waals surface area (Å²) in [5, 5.41) is 0. The SMILES string of the molecule is NCC#Cc1cc(Cn2ccn(C3CC3)c2=O)ccc1F. The Kier molecular flexibility index (Phi) is 3.63. The summed E-state index contributed by atoms with van der Waals surface area (Å²) >= 11 is 0. The topological polar surface area (TPSA) is 52.9 Å². The number of imidazole rings is 1. The number of benzene rings is 1. The summed E-state index contributed by atoms with van der Waals surface area (Å²) < 4.78 is 17.0. The number of nitrogens with two attached hydrogens (primary N) is 1. The lowest BCUT2D eigenvalue weighted by molar-refractivity contribution is 0.621. The van der Waals surface area contributed by atoms with Crippen molar-refractivity contribution in [2.24, 2.45) is 5.73 Å². The molecule has 1 saturated carbocycles. The molecule has 1 aromatic heterocycles. The van der Waals surface area contributed by atoms with Crippen LogP contribution in [0, 0.1) is 17.7 Å². The predicted molar refractivity (Wildman–Crippen MR) is 78.4 cm³/mol. The van der Waals surface area contributed by atoms with E-state index in [0.717, 1.165) is 18.4 Å². The highest BCUT2D eigenvalue weighted by molar-refractivity contribution is 5.38. The van der Waals surface area contributed by atoms with E-state index in [1.807, 2.05) is 6.20 Å². The van der Waals surface area contributed by atoms with E-state index in [4.69, 9.17) is 5.73 Å². The number of halogens is 1. The molecule has 0 amide bonds. The van der Waals surface area contributed by atoms with Crippen LogP contribution in [0.3, 0.4) is 0 Å². The van der Waals surface area contributed by atoms with Gasteiger partial charge in [-0.3, -0.25) is 9.13 Å². The van der Waals surface area contributed by atoms with Crippen LogP contribution in [0.4, 0.5) is 4.39 Å². The molecule has 21 heavy (non-hydrogen) atoms. The summed E-state index contributed by atoms with van der Waals surface area (Å²) in [7, 11) is 0. The molecule has 0 unspecified atom stereocenters. The first-order chi connectivity index (χ1) is 10.2. The molecule has 1 aliphatic carbocycles. The van der Waals surface area contributed by atoms with Crippen LogP contribution in [-0.4, -0.2) is 15.7 Å². The van der Waals surface area contributed by atoms with E-state index in [-0.39, 0.29) is 18.1 Å². The molecular weight excluding hydrogens is 269 g/mol. The molecule has 108 valence electrons. The van der Waals surface area contributed by atoms with Gasteiger partial charge in [0.25, 0.3) is 0 Å². The minimum atomic E-state index is -0.373. The summed E-state index contributed by atoms with van der Waals surface area (Å²) in [6, 6.07) is 5.07. The van der Waals surface area contributed by atoms with E-state index in [1.165, 1.54) is 6.07 Å². The number of nitrogens with zero attached hydrogens (tertiary/aromatic N) is 2. The van der Waals surface area contributed by atoms with Crippen molar-refractivity contribution in [2.45, 2.75) is 25.4 Å². The second-order valence-electron chi connectivity index (χ2n) is 5.17. The molecule has 0 bridgehead atoms. The van der Waals surface area contributed by atoms with Crippen molar-refractivity contribution < 1.29 is 4.39 Å². The maximum Gasteiger partial charge on any atom is 0.328 e. The molecule has 0 saturated heterocycles. The second-order valence-corrected chi connectivity index (χ2v) is 5.17. The van der Waals surface area contributed by atoms with E-state index in [1.54, 1.807) is 27.5 Å². The molecule has 1 aliphatic rings. The van der Waals surface area contributed by atoms with Gasteiger partial charge in [-0.05, 0) is 30.5 Å². The van der Waals surface area contributed by atoms with Gasteiger partial charge in [0.1, 0.15) is 5.82 Å². The Morgan fingerprint density at radius 1 is 1.33 bits per heavy atom. The predicted octanol–water partition coefficient (Wildman–Crippen LogP) is 1.48. The monoisotopic (exact) mass is 285 g/mol. The van der Waals surface area contributed by atoms with Gasteiger partial charge in [-0.15, -0.1) is 0 Å². The third-order valence-electron chi connectivity index (χ3n) is 3.52. The third-order valence-corrected chi connectivity index (χ3v) is 3.52. The first kappa shape index (κ1) is 13.7. The fraction of sp³-hybridized carbons (Fsp3) is 0.312. The molecule has 0 radical (unpaired) electrons. The molecule has 2 N–H and O–H groups in total. The highest BCUT2D eigenvalue weighted by Crippen LogP contribution is 2.33. The molecule has 0 aliphatic heterocycles. The number of rotatable bonds is 3. The summed E-state index contributed by atoms with van der Waals surface area (Å²) in [6.07, 6.45) is 5.73. The van der Waals surface area contributed by atoms with Crippen LogP contribution in [0.5, 0.6) is 0 Å². The van der Waals surface area contributed by atoms with Gasteiger partial charge >= 0.3 is 5.69 Å². The van der Waals surface area contributed by atoms with Gasteiger partial charge in [0.05, 0.1) is 18.7 Å². The maximum absolute atomic E-state index is 13.6. The number of hydrogen-bond acceptors (Lipinski definition) is 2. The van der Waals surface area contributed by atoms with Crippen LogP contribution in [0.2, 0.25) is 0 Å². The molecular formula is C16H16FN3O. The van der Waals surface area contributed by atoms with Crippen LogP contribution in [0.25, 0.3) is 0 Å². The first-order valence-electron chi connectivity index (χ1n) is 6.93. The van der Waals surface area contributed by atoms with Crippen molar-refractivity contribution in [3.8, 4) is 11.8 Å². The summed E-state index contributed by atoms with van der Waals surface area (Å²) in [4.78, 5) is 12.2. The normalized spacial score (nSPS) is 13.8. The van der Waals surface area contributed by atoms with Gasteiger partial charge in [-0.1, -0.05) is 17.9 Å². The molecule has 0 spiro atoms. The van der Waals surface area contributed by atoms with E-state index in [2.05, 4.69) is 11.8 Å². The standard InChI is InChI=1S/C16H16FN3O/c17-15-6-3-12(10-13(15)2-1-7-18)11-19-8-9-20(16(19)21)14-4-5-14/h3,6,8-10,14H,4-5,7,11,18H2. The summed E-state index contributed by atoms with van der Waals surface area (Å²) in [5.74, 6) is 4.97. The molecule has 1 aromatic carbocycles. The van der Waals surface area contributed by atoms with E-state index >= 15 is 0 Å². The molecule has 1 fully saturated rings. The van der Waals surface area contributed by atoms with E-state index < -0.39 is 0 Å². The quantitative estimate of drug-likeness (QED) is 0.869. The van der Waals surface area contributed by atoms with Gasteiger partial charge in [0.15, 0.2) is 0 Å². The van der Waals surface area contributed by atoms with Crippen LogP contribution in [-0.2, 0) is 6.54 Å². The number of aromatic nitrogens is 2. The van der Waals surface area contributed by atoms with Gasteiger partial charge in [0, 0.05) is 18.4 Å². The Balaban J connectivity index is 1.86. The molecule has 1 heterocycles. The van der Waals surface area contributed by atoms with Crippen molar-refractivity contribution in [2.75, 3.05) is 6.54 Å². The minimum absolute atomic E-state index is 0.0172. The zero-order valence-corrected chi connectivity index (χ0v) is 11.6. The zero-order valence-electron chi connectivity index (χ0n) is 11.6. The average Bonchev–Trinajstić information content (AvgIpc) is 3.26. The van der Waals surface area contributed by atoms with Crippen LogP contribution in [0.15, 0.2) is 35.4 Å². The smallest absolute Gasteiger partial charge is 0.320 e. The maximum atomic E-state index is 13.6.